The van der Waals surface area contributed by atoms with Crippen molar-refractivity contribution in [2.75, 3.05) is 13.7 Å². The quantitative estimate of drug-likeness (QED) is 0.665. The minimum atomic E-state index is -1.09. The topological polar surface area (TPSA) is 97.0 Å². The molecule has 0 aliphatic carbocycles. The highest BCUT2D eigenvalue weighted by atomic mass is 16.5. The van der Waals surface area contributed by atoms with Gasteiger partial charge in [-0.25, -0.2) is 4.79 Å². The van der Waals surface area contributed by atoms with Crippen molar-refractivity contribution >= 4 is 17.8 Å². The summed E-state index contributed by atoms with van der Waals surface area (Å²) < 4.78 is 10.6. The van der Waals surface area contributed by atoms with Crippen LogP contribution in [0.5, 0.6) is 11.5 Å². The molecule has 2 N–H and O–H groups in total. The maximum Gasteiger partial charge on any atom is 0.344 e. The molecular formula is C21H23N3O5. The number of imide groups is 1. The number of hydrogen-bond acceptors (Lipinski definition) is 5. The zero-order chi connectivity index (χ0) is 20.9. The fourth-order valence-electron chi connectivity index (χ4n) is 3.03. The third-order valence-electron chi connectivity index (χ3n) is 4.68. The van der Waals surface area contributed by atoms with E-state index in [9.17, 15) is 14.4 Å². The van der Waals surface area contributed by atoms with Gasteiger partial charge in [0.15, 0.2) is 18.1 Å². The maximum atomic E-state index is 12.7. The van der Waals surface area contributed by atoms with Gasteiger partial charge in [0.1, 0.15) is 5.54 Å². The van der Waals surface area contributed by atoms with Crippen LogP contribution in [-0.4, -0.2) is 42.1 Å². The Kier molecular flexibility index (Phi) is 6.01. The molecule has 2 aromatic carbocycles. The van der Waals surface area contributed by atoms with Gasteiger partial charge in [-0.2, -0.15) is 5.01 Å². The van der Waals surface area contributed by atoms with Gasteiger partial charge in [0.05, 0.1) is 7.11 Å². The van der Waals surface area contributed by atoms with Gasteiger partial charge in [0.25, 0.3) is 11.8 Å². The minimum Gasteiger partial charge on any atom is -0.493 e. The van der Waals surface area contributed by atoms with Crippen molar-refractivity contribution in [1.82, 2.24) is 15.8 Å². The van der Waals surface area contributed by atoms with Crippen LogP contribution in [0, 0.1) is 0 Å². The predicted molar refractivity (Wildman–Crippen MR) is 105 cm³/mol. The van der Waals surface area contributed by atoms with E-state index in [1.165, 1.54) is 7.11 Å². The first-order valence-corrected chi connectivity index (χ1v) is 9.19. The van der Waals surface area contributed by atoms with Gasteiger partial charge < -0.3 is 14.8 Å². The van der Waals surface area contributed by atoms with E-state index >= 15 is 0 Å². The standard InChI is InChI=1S/C21H23N3O5/c1-21(13-12-15-8-4-3-5-9-15)19(26)24(20(27)22-21)23-18(25)14-29-17-11-7-6-10-16(17)28-2/h3-11H,12-14H2,1-2H3,(H,22,27)(H,23,25)/t21-/m0/s1. The highest BCUT2D eigenvalue weighted by Gasteiger charge is 2.48. The van der Waals surface area contributed by atoms with Crippen LogP contribution in [0.25, 0.3) is 0 Å². The first-order chi connectivity index (χ1) is 13.9. The SMILES string of the molecule is COc1ccccc1OCC(=O)NN1C(=O)N[C@@](C)(CCc2ccccc2)C1=O. The summed E-state index contributed by atoms with van der Waals surface area (Å²) in [6.07, 6.45) is 1.02. The highest BCUT2D eigenvalue weighted by molar-refractivity contribution is 6.07. The number of amides is 4. The van der Waals surface area contributed by atoms with Crippen LogP contribution in [0.4, 0.5) is 4.79 Å². The van der Waals surface area contributed by atoms with E-state index in [0.717, 1.165) is 5.56 Å². The van der Waals surface area contributed by atoms with E-state index < -0.39 is 23.4 Å². The first kappa shape index (κ1) is 20.2. The van der Waals surface area contributed by atoms with Crippen molar-refractivity contribution in [3.63, 3.8) is 0 Å². The van der Waals surface area contributed by atoms with Gasteiger partial charge in [-0.05, 0) is 37.5 Å². The second-order valence-electron chi connectivity index (χ2n) is 6.86. The van der Waals surface area contributed by atoms with Gasteiger partial charge in [-0.15, -0.1) is 0 Å². The van der Waals surface area contributed by atoms with E-state index in [1.54, 1.807) is 31.2 Å². The van der Waals surface area contributed by atoms with E-state index in [-0.39, 0.29) is 6.61 Å². The van der Waals surface area contributed by atoms with E-state index in [1.807, 2.05) is 30.3 Å². The average Bonchev–Trinajstić information content (AvgIpc) is 2.95. The summed E-state index contributed by atoms with van der Waals surface area (Å²) in [5, 5.41) is 3.37. The molecule has 1 saturated heterocycles. The molecule has 8 nitrogen and oxygen atoms in total. The van der Waals surface area contributed by atoms with Crippen molar-refractivity contribution in [2.45, 2.75) is 25.3 Å². The Bertz CT molecular complexity index is 902. The van der Waals surface area contributed by atoms with Crippen LogP contribution in [0.3, 0.4) is 0 Å². The Morgan fingerprint density at radius 3 is 2.41 bits per heavy atom. The number of nitrogens with zero attached hydrogens (tertiary/aromatic N) is 1. The Balaban J connectivity index is 1.57. The van der Waals surface area contributed by atoms with Crippen LogP contribution in [0.2, 0.25) is 0 Å². The smallest absolute Gasteiger partial charge is 0.344 e. The number of ether oxygens (including phenoxy) is 2. The summed E-state index contributed by atoms with van der Waals surface area (Å²) in [6, 6.07) is 15.9. The van der Waals surface area contributed by atoms with Crippen molar-refractivity contribution in [3.8, 4) is 11.5 Å². The van der Waals surface area contributed by atoms with Crippen LogP contribution >= 0.6 is 0 Å². The van der Waals surface area contributed by atoms with Gasteiger partial charge in [-0.1, -0.05) is 42.5 Å². The Morgan fingerprint density at radius 1 is 1.07 bits per heavy atom. The summed E-state index contributed by atoms with van der Waals surface area (Å²) >= 11 is 0. The summed E-state index contributed by atoms with van der Waals surface area (Å²) in [5.41, 5.74) is 2.27. The fourth-order valence-corrected chi connectivity index (χ4v) is 3.03. The lowest BCUT2D eigenvalue weighted by atomic mass is 9.93. The Labute approximate surface area is 168 Å². The van der Waals surface area contributed by atoms with Crippen LogP contribution in [-0.2, 0) is 16.0 Å². The second-order valence-corrected chi connectivity index (χ2v) is 6.86. The zero-order valence-corrected chi connectivity index (χ0v) is 16.3. The molecule has 0 bridgehead atoms. The molecule has 29 heavy (non-hydrogen) atoms. The Hall–Kier alpha value is -3.55. The monoisotopic (exact) mass is 397 g/mol. The molecule has 2 aromatic rings. The molecule has 4 amide bonds. The number of benzene rings is 2. The third-order valence-corrected chi connectivity index (χ3v) is 4.68. The van der Waals surface area contributed by atoms with Crippen molar-refractivity contribution in [2.24, 2.45) is 0 Å². The molecule has 0 aromatic heterocycles. The Morgan fingerprint density at radius 2 is 1.72 bits per heavy atom. The molecule has 1 aliphatic rings. The fraction of sp³-hybridized carbons (Fsp3) is 0.286. The van der Waals surface area contributed by atoms with Gasteiger partial charge in [-0.3, -0.25) is 15.0 Å². The van der Waals surface area contributed by atoms with Gasteiger partial charge in [0, 0.05) is 0 Å². The average molecular weight is 397 g/mol. The lowest BCUT2D eigenvalue weighted by Crippen LogP contribution is -2.50. The van der Waals surface area contributed by atoms with Crippen LogP contribution in [0.1, 0.15) is 18.9 Å². The zero-order valence-electron chi connectivity index (χ0n) is 16.3. The number of carbonyl (C=O) groups is 3. The van der Waals surface area contributed by atoms with Gasteiger partial charge >= 0.3 is 6.03 Å². The summed E-state index contributed by atoms with van der Waals surface area (Å²) in [7, 11) is 1.49. The molecule has 1 heterocycles. The van der Waals surface area contributed by atoms with Crippen LogP contribution < -0.4 is 20.2 Å². The molecule has 1 atom stereocenters. The van der Waals surface area contributed by atoms with Crippen molar-refractivity contribution < 1.29 is 23.9 Å². The number of methoxy groups -OCH3 is 1. The molecule has 8 heteroatoms. The predicted octanol–water partition coefficient (Wildman–Crippen LogP) is 2.05. The molecule has 0 saturated carbocycles. The highest BCUT2D eigenvalue weighted by Crippen LogP contribution is 2.26. The molecule has 0 spiro atoms. The number of aryl methyl sites for hydroxylation is 1. The van der Waals surface area contributed by atoms with E-state index in [0.29, 0.717) is 29.3 Å². The van der Waals surface area contributed by atoms with Crippen LogP contribution in [0.15, 0.2) is 54.6 Å². The molecule has 0 radical (unpaired) electrons. The third kappa shape index (κ3) is 4.66. The molecule has 0 unspecified atom stereocenters. The first-order valence-electron chi connectivity index (χ1n) is 9.19. The normalized spacial score (nSPS) is 18.3. The lowest BCUT2D eigenvalue weighted by molar-refractivity contribution is -0.139. The number of urea groups is 1. The lowest BCUT2D eigenvalue weighted by Gasteiger charge is -2.21. The van der Waals surface area contributed by atoms with E-state index in [2.05, 4.69) is 10.7 Å². The molecule has 3 rings (SSSR count). The number of carbonyl (C=O) groups excluding carboxylic acids is 3. The summed E-state index contributed by atoms with van der Waals surface area (Å²) in [4.78, 5) is 37.2. The summed E-state index contributed by atoms with van der Waals surface area (Å²) in [5.74, 6) is -0.283. The number of hydrazine groups is 1. The number of para-hydroxylation sites is 2. The molecule has 152 valence electrons. The second kappa shape index (κ2) is 8.64. The largest absolute Gasteiger partial charge is 0.493 e. The van der Waals surface area contributed by atoms with E-state index in [4.69, 9.17) is 9.47 Å². The van der Waals surface area contributed by atoms with Gasteiger partial charge in [0.2, 0.25) is 0 Å². The summed E-state index contributed by atoms with van der Waals surface area (Å²) in [6.45, 7) is 1.27. The molecule has 1 aliphatic heterocycles. The maximum absolute atomic E-state index is 12.7. The van der Waals surface area contributed by atoms with Crippen molar-refractivity contribution in [3.05, 3.63) is 60.2 Å². The number of hydrogen-bond donors (Lipinski definition) is 2. The minimum absolute atomic E-state index is 0.377. The molecule has 1 fully saturated rings. The molecular weight excluding hydrogens is 374 g/mol. The number of nitrogens with one attached hydrogen (secondary N) is 2. The van der Waals surface area contributed by atoms with Crippen molar-refractivity contribution in [1.29, 1.82) is 0 Å². The number of rotatable bonds is 8.